The number of fused-ring (bicyclic) bond motifs is 1. The minimum absolute atomic E-state index is 0.0395. The van der Waals surface area contributed by atoms with E-state index in [4.69, 9.17) is 14.2 Å². The number of H-pyrrole nitrogens is 1. The monoisotopic (exact) mass is 374 g/mol. The molecule has 4 rings (SSSR count). The molecule has 2 aliphatic heterocycles. The Morgan fingerprint density at radius 2 is 2.04 bits per heavy atom. The summed E-state index contributed by atoms with van der Waals surface area (Å²) < 4.78 is 17.5. The number of piperazine rings is 1. The summed E-state index contributed by atoms with van der Waals surface area (Å²) in [6, 6.07) is 3.62. The maximum atomic E-state index is 12.3. The quantitative estimate of drug-likeness (QED) is 0.772. The molecule has 0 unspecified atom stereocenters. The van der Waals surface area contributed by atoms with E-state index in [1.807, 2.05) is 6.07 Å². The van der Waals surface area contributed by atoms with Crippen molar-refractivity contribution in [2.45, 2.75) is 18.9 Å². The molecule has 27 heavy (non-hydrogen) atoms. The van der Waals surface area contributed by atoms with Crippen molar-refractivity contribution < 1.29 is 14.2 Å². The van der Waals surface area contributed by atoms with Crippen molar-refractivity contribution in [3.63, 3.8) is 0 Å². The molecule has 8 nitrogen and oxygen atoms in total. The molecular weight excluding hydrogens is 348 g/mol. The van der Waals surface area contributed by atoms with Crippen molar-refractivity contribution in [1.82, 2.24) is 20.2 Å². The van der Waals surface area contributed by atoms with Crippen LogP contribution in [0.15, 0.2) is 23.3 Å². The molecule has 2 N–H and O–H groups in total. The summed E-state index contributed by atoms with van der Waals surface area (Å²) in [4.78, 5) is 21.6. The fourth-order valence-electron chi connectivity index (χ4n) is 3.52. The molecule has 2 aliphatic rings. The molecular formula is C19H26N4O4. The predicted octanol–water partition coefficient (Wildman–Crippen LogP) is 0.765. The molecule has 146 valence electrons. The summed E-state index contributed by atoms with van der Waals surface area (Å²) in [6.45, 7) is 6.93. The van der Waals surface area contributed by atoms with Gasteiger partial charge < -0.3 is 24.5 Å². The van der Waals surface area contributed by atoms with E-state index < -0.39 is 0 Å². The maximum absolute atomic E-state index is 12.3. The highest BCUT2D eigenvalue weighted by molar-refractivity contribution is 5.85. The fraction of sp³-hybridized carbons (Fsp3) is 0.579. The van der Waals surface area contributed by atoms with Crippen LogP contribution in [-0.2, 0) is 4.74 Å². The largest absolute Gasteiger partial charge is 0.492 e. The smallest absolute Gasteiger partial charge is 0.262 e. The Hall–Kier alpha value is -2.16. The van der Waals surface area contributed by atoms with Crippen LogP contribution in [0.3, 0.4) is 0 Å². The lowest BCUT2D eigenvalue weighted by Gasteiger charge is -2.27. The van der Waals surface area contributed by atoms with Crippen LogP contribution in [0, 0.1) is 0 Å². The summed E-state index contributed by atoms with van der Waals surface area (Å²) in [5, 5.41) is 3.82. The van der Waals surface area contributed by atoms with Gasteiger partial charge in [0, 0.05) is 57.7 Å². The molecule has 0 saturated carbocycles. The average molecular weight is 374 g/mol. The van der Waals surface area contributed by atoms with Gasteiger partial charge in [0.1, 0.15) is 29.6 Å². The molecule has 1 aromatic carbocycles. The van der Waals surface area contributed by atoms with Gasteiger partial charge >= 0.3 is 0 Å². The Labute approximate surface area is 157 Å². The van der Waals surface area contributed by atoms with Crippen LogP contribution in [0.1, 0.15) is 12.8 Å². The van der Waals surface area contributed by atoms with Crippen molar-refractivity contribution in [2.24, 2.45) is 0 Å². The van der Waals surface area contributed by atoms with E-state index in [-0.39, 0.29) is 11.7 Å². The minimum Gasteiger partial charge on any atom is -0.492 e. The Bertz CT molecular complexity index is 813. The van der Waals surface area contributed by atoms with Gasteiger partial charge in [-0.3, -0.25) is 9.69 Å². The highest BCUT2D eigenvalue weighted by Gasteiger charge is 2.19. The van der Waals surface area contributed by atoms with E-state index in [9.17, 15) is 4.79 Å². The first kappa shape index (κ1) is 18.2. The van der Waals surface area contributed by atoms with Crippen LogP contribution >= 0.6 is 0 Å². The van der Waals surface area contributed by atoms with E-state index in [0.717, 1.165) is 45.6 Å². The zero-order valence-corrected chi connectivity index (χ0v) is 15.4. The number of aromatic amines is 1. The Morgan fingerprint density at radius 3 is 2.85 bits per heavy atom. The summed E-state index contributed by atoms with van der Waals surface area (Å²) in [5.41, 5.74) is 0.384. The van der Waals surface area contributed by atoms with Gasteiger partial charge in [-0.1, -0.05) is 0 Å². The highest BCUT2D eigenvalue weighted by Crippen LogP contribution is 2.30. The molecule has 0 aliphatic carbocycles. The van der Waals surface area contributed by atoms with Crippen LogP contribution in [-0.4, -0.2) is 73.5 Å². The van der Waals surface area contributed by atoms with Gasteiger partial charge in [-0.25, -0.2) is 4.98 Å². The van der Waals surface area contributed by atoms with E-state index in [0.29, 0.717) is 42.2 Å². The molecule has 0 amide bonds. The van der Waals surface area contributed by atoms with E-state index in [1.54, 1.807) is 6.07 Å². The van der Waals surface area contributed by atoms with Gasteiger partial charge in [0.05, 0.1) is 25.1 Å². The van der Waals surface area contributed by atoms with Crippen LogP contribution in [0.5, 0.6) is 11.5 Å². The molecule has 1 aromatic heterocycles. The van der Waals surface area contributed by atoms with Gasteiger partial charge in [-0.2, -0.15) is 0 Å². The molecule has 0 spiro atoms. The second-order valence-electron chi connectivity index (χ2n) is 6.92. The zero-order valence-electron chi connectivity index (χ0n) is 15.4. The number of nitrogens with zero attached hydrogens (tertiary/aromatic N) is 2. The highest BCUT2D eigenvalue weighted by atomic mass is 16.5. The molecule has 2 aromatic rings. The van der Waals surface area contributed by atoms with Gasteiger partial charge in [0.2, 0.25) is 0 Å². The number of nitrogens with one attached hydrogen (secondary N) is 2. The normalized spacial score (nSPS) is 19.3. The predicted molar refractivity (Wildman–Crippen MR) is 102 cm³/mol. The van der Waals surface area contributed by atoms with Crippen LogP contribution < -0.4 is 20.3 Å². The van der Waals surface area contributed by atoms with Crippen LogP contribution in [0.2, 0.25) is 0 Å². The third kappa shape index (κ3) is 4.58. The third-order valence-corrected chi connectivity index (χ3v) is 5.03. The van der Waals surface area contributed by atoms with Gasteiger partial charge in [0.25, 0.3) is 5.56 Å². The van der Waals surface area contributed by atoms with Gasteiger partial charge in [-0.05, 0) is 0 Å². The van der Waals surface area contributed by atoms with Crippen LogP contribution in [0.25, 0.3) is 10.9 Å². The summed E-state index contributed by atoms with van der Waals surface area (Å²) in [5.74, 6) is 1.21. The standard InChI is InChI=1S/C19H26N4O4/c24-19-18-16(21-13-22-19)11-15(26-10-7-23-5-3-20-4-6-23)12-17(18)27-14-1-8-25-9-2-14/h11-14,20H,1-10H2,(H,21,22,24). The van der Waals surface area contributed by atoms with Crippen molar-refractivity contribution >= 4 is 10.9 Å². The number of aromatic nitrogens is 2. The third-order valence-electron chi connectivity index (χ3n) is 5.03. The second kappa shape index (κ2) is 8.69. The van der Waals surface area contributed by atoms with Crippen LogP contribution in [0.4, 0.5) is 0 Å². The van der Waals surface area contributed by atoms with Crippen molar-refractivity contribution in [3.8, 4) is 11.5 Å². The molecule has 3 heterocycles. The first-order valence-corrected chi connectivity index (χ1v) is 9.61. The number of ether oxygens (including phenoxy) is 3. The van der Waals surface area contributed by atoms with Gasteiger partial charge in [-0.15, -0.1) is 0 Å². The van der Waals surface area contributed by atoms with Gasteiger partial charge in [0.15, 0.2) is 0 Å². The Kier molecular flexibility index (Phi) is 5.86. The SMILES string of the molecule is O=c1[nH]cnc2cc(OCCN3CCNCC3)cc(OC3CCOCC3)c12. The number of benzene rings is 1. The lowest BCUT2D eigenvalue weighted by atomic mass is 10.1. The fourth-order valence-corrected chi connectivity index (χ4v) is 3.52. The van der Waals surface area contributed by atoms with E-state index >= 15 is 0 Å². The van der Waals surface area contributed by atoms with Crippen molar-refractivity contribution in [1.29, 1.82) is 0 Å². The number of hydrogen-bond acceptors (Lipinski definition) is 7. The molecule has 2 saturated heterocycles. The van der Waals surface area contributed by atoms with E-state index in [1.165, 1.54) is 6.33 Å². The summed E-state index contributed by atoms with van der Waals surface area (Å²) in [7, 11) is 0. The molecule has 2 fully saturated rings. The molecule has 0 bridgehead atoms. The zero-order chi connectivity index (χ0) is 18.5. The maximum Gasteiger partial charge on any atom is 0.262 e. The Balaban J connectivity index is 1.51. The van der Waals surface area contributed by atoms with Crippen molar-refractivity contribution in [2.75, 3.05) is 52.5 Å². The topological polar surface area (TPSA) is 88.7 Å². The number of hydrogen-bond donors (Lipinski definition) is 2. The summed E-state index contributed by atoms with van der Waals surface area (Å²) >= 11 is 0. The summed E-state index contributed by atoms with van der Waals surface area (Å²) in [6.07, 6.45) is 3.08. The van der Waals surface area contributed by atoms with Crippen molar-refractivity contribution in [3.05, 3.63) is 28.8 Å². The lowest BCUT2D eigenvalue weighted by molar-refractivity contribution is 0.0260. The Morgan fingerprint density at radius 1 is 1.22 bits per heavy atom. The second-order valence-corrected chi connectivity index (χ2v) is 6.92. The van der Waals surface area contributed by atoms with E-state index in [2.05, 4.69) is 20.2 Å². The average Bonchev–Trinajstić information content (AvgIpc) is 2.69. The first-order valence-electron chi connectivity index (χ1n) is 9.61. The molecule has 8 heteroatoms. The molecule has 0 radical (unpaired) electrons. The molecule has 0 atom stereocenters. The minimum atomic E-state index is -0.200. The number of rotatable bonds is 6. The lowest BCUT2D eigenvalue weighted by Crippen LogP contribution is -2.44. The first-order chi connectivity index (χ1) is 13.3.